The van der Waals surface area contributed by atoms with E-state index in [0.29, 0.717) is 10.7 Å². The van der Waals surface area contributed by atoms with Gasteiger partial charge in [0.2, 0.25) is 0 Å². The van der Waals surface area contributed by atoms with Crippen molar-refractivity contribution < 1.29 is 0 Å². The van der Waals surface area contributed by atoms with Gasteiger partial charge < -0.3 is 5.73 Å². The molecule has 0 radical (unpaired) electrons. The summed E-state index contributed by atoms with van der Waals surface area (Å²) in [6, 6.07) is 11.5. The van der Waals surface area contributed by atoms with Crippen molar-refractivity contribution >= 4 is 54.8 Å². The molecular weight excluding hydrogens is 332 g/mol. The minimum atomic E-state index is 0.639. The monoisotopic (exact) mass is 338 g/mol. The molecule has 0 bridgehead atoms. The highest BCUT2D eigenvalue weighted by atomic mass is 79.9. The van der Waals surface area contributed by atoms with Crippen LogP contribution < -0.4 is 5.73 Å². The first kappa shape index (κ1) is 12.0. The maximum absolute atomic E-state index is 5.98. The van der Waals surface area contributed by atoms with Crippen LogP contribution in [0.4, 0.5) is 5.69 Å². The lowest BCUT2D eigenvalue weighted by molar-refractivity contribution is 1.47. The van der Waals surface area contributed by atoms with Crippen LogP contribution in [0.2, 0.25) is 5.02 Å². The van der Waals surface area contributed by atoms with Gasteiger partial charge in [0.25, 0.3) is 0 Å². The molecule has 2 N–H and O–H groups in total. The van der Waals surface area contributed by atoms with Crippen LogP contribution in [0.1, 0.15) is 0 Å². The van der Waals surface area contributed by atoms with E-state index in [1.54, 1.807) is 17.4 Å². The minimum Gasteiger partial charge on any atom is -0.398 e. The second-order valence-corrected chi connectivity index (χ2v) is 6.25. The van der Waals surface area contributed by atoms with Crippen molar-refractivity contribution in [3.63, 3.8) is 0 Å². The van der Waals surface area contributed by atoms with E-state index in [-0.39, 0.29) is 0 Å². The van der Waals surface area contributed by atoms with Crippen molar-refractivity contribution in [1.29, 1.82) is 0 Å². The molecule has 0 aliphatic heterocycles. The summed E-state index contributed by atoms with van der Waals surface area (Å²) in [6.07, 6.45) is 0. The molecule has 0 fully saturated rings. The second kappa shape index (κ2) is 4.53. The molecule has 3 aromatic rings. The van der Waals surface area contributed by atoms with Gasteiger partial charge in [-0.25, -0.2) is 4.98 Å². The predicted octanol–water partition coefficient (Wildman–Crippen LogP) is 4.96. The van der Waals surface area contributed by atoms with Crippen molar-refractivity contribution in [3.05, 3.63) is 45.9 Å². The summed E-state index contributed by atoms with van der Waals surface area (Å²) < 4.78 is 2.18. The average molecular weight is 340 g/mol. The number of fused-ring (bicyclic) bond motifs is 1. The molecule has 1 aromatic heterocycles. The summed E-state index contributed by atoms with van der Waals surface area (Å²) in [6.45, 7) is 0. The van der Waals surface area contributed by atoms with Crippen LogP contribution in [0.3, 0.4) is 0 Å². The molecule has 0 spiro atoms. The molecule has 3 rings (SSSR count). The van der Waals surface area contributed by atoms with Crippen LogP contribution in [0, 0.1) is 0 Å². The number of hydrogen-bond donors (Lipinski definition) is 1. The Morgan fingerprint density at radius 1 is 1.17 bits per heavy atom. The van der Waals surface area contributed by atoms with E-state index in [1.165, 1.54) is 0 Å². The number of aromatic nitrogens is 1. The summed E-state index contributed by atoms with van der Waals surface area (Å²) in [5.41, 5.74) is 8.54. The highest BCUT2D eigenvalue weighted by Gasteiger charge is 2.09. The molecule has 2 nitrogen and oxygen atoms in total. The van der Waals surface area contributed by atoms with Gasteiger partial charge in [0.15, 0.2) is 0 Å². The molecule has 0 aliphatic rings. The number of anilines is 1. The van der Waals surface area contributed by atoms with Crippen molar-refractivity contribution in [1.82, 2.24) is 4.98 Å². The van der Waals surface area contributed by atoms with Crippen molar-refractivity contribution in [2.45, 2.75) is 0 Å². The summed E-state index contributed by atoms with van der Waals surface area (Å²) in [5.74, 6) is 0. The number of hydrogen-bond acceptors (Lipinski definition) is 3. The van der Waals surface area contributed by atoms with E-state index in [4.69, 9.17) is 17.3 Å². The summed E-state index contributed by atoms with van der Waals surface area (Å²) in [7, 11) is 0. The standard InChI is InChI=1S/C13H8BrClN2S/c14-7-1-4-11-12(5-7)18-13(17-11)9-3-2-8(15)6-10(9)16/h1-6H,16H2. The zero-order valence-electron chi connectivity index (χ0n) is 9.15. The Morgan fingerprint density at radius 2 is 2.00 bits per heavy atom. The van der Waals surface area contributed by atoms with Gasteiger partial charge in [-0.15, -0.1) is 11.3 Å². The molecule has 90 valence electrons. The molecule has 0 saturated heterocycles. The van der Waals surface area contributed by atoms with Gasteiger partial charge in [0, 0.05) is 20.7 Å². The molecule has 0 aliphatic carbocycles. The van der Waals surface area contributed by atoms with E-state index >= 15 is 0 Å². The largest absolute Gasteiger partial charge is 0.398 e. The summed E-state index contributed by atoms with van der Waals surface area (Å²) >= 11 is 11.0. The van der Waals surface area contributed by atoms with Gasteiger partial charge in [-0.05, 0) is 36.4 Å². The molecule has 0 atom stereocenters. The number of thiazole rings is 1. The number of nitrogens with zero attached hydrogens (tertiary/aromatic N) is 1. The number of benzene rings is 2. The highest BCUT2D eigenvalue weighted by Crippen LogP contribution is 2.35. The van der Waals surface area contributed by atoms with Gasteiger partial charge in [-0.2, -0.15) is 0 Å². The Bertz CT molecular complexity index is 739. The highest BCUT2D eigenvalue weighted by molar-refractivity contribution is 9.10. The molecule has 2 aromatic carbocycles. The van der Waals surface area contributed by atoms with Crippen LogP contribution in [0.5, 0.6) is 0 Å². The quantitative estimate of drug-likeness (QED) is 0.636. The zero-order chi connectivity index (χ0) is 12.7. The van der Waals surface area contributed by atoms with Gasteiger partial charge in [-0.1, -0.05) is 27.5 Å². The summed E-state index contributed by atoms with van der Waals surface area (Å²) in [5, 5.41) is 1.55. The molecule has 5 heteroatoms. The fraction of sp³-hybridized carbons (Fsp3) is 0. The first-order chi connectivity index (χ1) is 8.63. The third kappa shape index (κ3) is 2.11. The average Bonchev–Trinajstić information content (AvgIpc) is 2.71. The van der Waals surface area contributed by atoms with Crippen LogP contribution in [0.25, 0.3) is 20.8 Å². The molecule has 0 unspecified atom stereocenters. The van der Waals surface area contributed by atoms with Gasteiger partial charge >= 0.3 is 0 Å². The molecule has 0 saturated carbocycles. The first-order valence-corrected chi connectivity index (χ1v) is 7.24. The topological polar surface area (TPSA) is 38.9 Å². The van der Waals surface area contributed by atoms with Crippen LogP contribution in [-0.4, -0.2) is 4.98 Å². The number of halogens is 2. The fourth-order valence-electron chi connectivity index (χ4n) is 1.74. The minimum absolute atomic E-state index is 0.639. The van der Waals surface area contributed by atoms with E-state index in [9.17, 15) is 0 Å². The van der Waals surface area contributed by atoms with Crippen molar-refractivity contribution in [2.75, 3.05) is 5.73 Å². The van der Waals surface area contributed by atoms with E-state index < -0.39 is 0 Å². The maximum atomic E-state index is 5.98. The van der Waals surface area contributed by atoms with E-state index in [2.05, 4.69) is 27.0 Å². The fourth-order valence-corrected chi connectivity index (χ4v) is 3.49. The maximum Gasteiger partial charge on any atom is 0.126 e. The summed E-state index contributed by atoms with van der Waals surface area (Å²) in [4.78, 5) is 4.59. The van der Waals surface area contributed by atoms with Gasteiger partial charge in [0.1, 0.15) is 5.01 Å². The second-order valence-electron chi connectivity index (χ2n) is 3.86. The molecule has 0 amide bonds. The van der Waals surface area contributed by atoms with Crippen LogP contribution >= 0.6 is 38.9 Å². The Hall–Kier alpha value is -1.10. The van der Waals surface area contributed by atoms with Gasteiger partial charge in [-0.3, -0.25) is 0 Å². The van der Waals surface area contributed by atoms with Crippen molar-refractivity contribution in [2.24, 2.45) is 0 Å². The van der Waals surface area contributed by atoms with Crippen LogP contribution in [0.15, 0.2) is 40.9 Å². The smallest absolute Gasteiger partial charge is 0.126 e. The number of nitrogens with two attached hydrogens (primary N) is 1. The molecular formula is C13H8BrClN2S. The SMILES string of the molecule is Nc1cc(Cl)ccc1-c1nc2ccc(Br)cc2s1. The Labute approximate surface area is 122 Å². The lowest BCUT2D eigenvalue weighted by Crippen LogP contribution is -1.88. The predicted molar refractivity (Wildman–Crippen MR) is 82.2 cm³/mol. The first-order valence-electron chi connectivity index (χ1n) is 5.25. The number of rotatable bonds is 1. The van der Waals surface area contributed by atoms with Gasteiger partial charge in [0.05, 0.1) is 10.2 Å². The molecule has 1 heterocycles. The molecule has 18 heavy (non-hydrogen) atoms. The Balaban J connectivity index is 2.19. The lowest BCUT2D eigenvalue weighted by Gasteiger charge is -2.01. The Morgan fingerprint density at radius 3 is 2.78 bits per heavy atom. The normalized spacial score (nSPS) is 11.0. The van der Waals surface area contributed by atoms with Crippen molar-refractivity contribution in [3.8, 4) is 10.6 Å². The Kier molecular flexibility index (Phi) is 3.01. The zero-order valence-corrected chi connectivity index (χ0v) is 12.3. The third-order valence-electron chi connectivity index (χ3n) is 2.59. The van der Waals surface area contributed by atoms with E-state index in [0.717, 1.165) is 25.3 Å². The third-order valence-corrected chi connectivity index (χ3v) is 4.37. The van der Waals surface area contributed by atoms with Crippen LogP contribution in [-0.2, 0) is 0 Å². The van der Waals surface area contributed by atoms with E-state index in [1.807, 2.05) is 24.3 Å². The number of nitrogen functional groups attached to an aromatic ring is 1. The lowest BCUT2D eigenvalue weighted by atomic mass is 10.2.